The molecule has 1 saturated heterocycles. The van der Waals surface area contributed by atoms with Gasteiger partial charge in [0.25, 0.3) is 0 Å². The molecule has 0 spiro atoms. The lowest BCUT2D eigenvalue weighted by atomic mass is 9.96. The number of imidazole rings is 1. The quantitative estimate of drug-likeness (QED) is 0.917. The first kappa shape index (κ1) is 11.9. The molecule has 0 bridgehead atoms. The van der Waals surface area contributed by atoms with Crippen molar-refractivity contribution in [3.05, 3.63) is 34.8 Å². The van der Waals surface area contributed by atoms with E-state index in [4.69, 9.17) is 0 Å². The highest BCUT2D eigenvalue weighted by Gasteiger charge is 2.18. The van der Waals surface area contributed by atoms with Crippen LogP contribution in [0.4, 0.5) is 0 Å². The third kappa shape index (κ3) is 2.62. The van der Waals surface area contributed by atoms with Crippen LogP contribution < -0.4 is 5.32 Å². The van der Waals surface area contributed by atoms with E-state index in [2.05, 4.69) is 25.2 Å². The van der Waals surface area contributed by atoms with Crippen LogP contribution in [-0.2, 0) is 13.0 Å². The van der Waals surface area contributed by atoms with Crippen molar-refractivity contribution in [1.82, 2.24) is 19.9 Å². The summed E-state index contributed by atoms with van der Waals surface area (Å²) in [6.45, 7) is 3.22. The summed E-state index contributed by atoms with van der Waals surface area (Å²) in [5.74, 6) is 0.622. The maximum atomic E-state index is 4.33. The van der Waals surface area contributed by atoms with Crippen LogP contribution in [0.1, 0.15) is 30.1 Å². The highest BCUT2D eigenvalue weighted by Crippen LogP contribution is 2.23. The summed E-state index contributed by atoms with van der Waals surface area (Å²) in [7, 11) is 0. The predicted octanol–water partition coefficient (Wildman–Crippen LogP) is 2.05. The topological polar surface area (TPSA) is 42.7 Å². The lowest BCUT2D eigenvalue weighted by molar-refractivity contribution is 0.440. The molecule has 0 aliphatic carbocycles. The molecule has 0 amide bonds. The van der Waals surface area contributed by atoms with Gasteiger partial charge in [-0.2, -0.15) is 0 Å². The molecular weight excluding hydrogens is 244 g/mol. The number of piperidine rings is 1. The largest absolute Gasteiger partial charge is 0.334 e. The van der Waals surface area contributed by atoms with Crippen LogP contribution in [0.25, 0.3) is 0 Å². The number of rotatable bonds is 4. The Morgan fingerprint density at radius 3 is 3.28 bits per heavy atom. The minimum Gasteiger partial charge on any atom is -0.334 e. The van der Waals surface area contributed by atoms with Gasteiger partial charge in [0.05, 0.1) is 17.5 Å². The summed E-state index contributed by atoms with van der Waals surface area (Å²) >= 11 is 1.66. The van der Waals surface area contributed by atoms with Gasteiger partial charge < -0.3 is 9.88 Å². The Labute approximate surface area is 111 Å². The van der Waals surface area contributed by atoms with Gasteiger partial charge in [-0.3, -0.25) is 0 Å². The fraction of sp³-hybridized carbons (Fsp3) is 0.538. The lowest BCUT2D eigenvalue weighted by Gasteiger charge is -2.23. The van der Waals surface area contributed by atoms with Gasteiger partial charge in [0.1, 0.15) is 0 Å². The Hall–Kier alpha value is -1.20. The van der Waals surface area contributed by atoms with Crippen molar-refractivity contribution in [2.75, 3.05) is 13.1 Å². The fourth-order valence-corrected chi connectivity index (χ4v) is 3.15. The van der Waals surface area contributed by atoms with Crippen molar-refractivity contribution < 1.29 is 0 Å². The first-order valence-electron chi connectivity index (χ1n) is 6.51. The van der Waals surface area contributed by atoms with E-state index in [1.807, 2.05) is 18.0 Å². The van der Waals surface area contributed by atoms with Gasteiger partial charge in [-0.1, -0.05) is 0 Å². The van der Waals surface area contributed by atoms with E-state index in [1.165, 1.54) is 24.2 Å². The average Bonchev–Trinajstić information content (AvgIpc) is 3.09. The molecule has 96 valence electrons. The van der Waals surface area contributed by atoms with E-state index in [0.29, 0.717) is 5.92 Å². The molecular formula is C13H18N4S. The van der Waals surface area contributed by atoms with Crippen LogP contribution in [0.15, 0.2) is 23.4 Å². The molecule has 3 heterocycles. The summed E-state index contributed by atoms with van der Waals surface area (Å²) in [5, 5.41) is 5.59. The highest BCUT2D eigenvalue weighted by molar-refractivity contribution is 7.07. The molecule has 2 aromatic rings. The predicted molar refractivity (Wildman–Crippen MR) is 72.9 cm³/mol. The summed E-state index contributed by atoms with van der Waals surface area (Å²) in [6.07, 6.45) is 7.51. The Kier molecular flexibility index (Phi) is 3.71. The van der Waals surface area contributed by atoms with Gasteiger partial charge in [0.15, 0.2) is 0 Å². The number of nitrogens with zero attached hydrogens (tertiary/aromatic N) is 3. The molecule has 0 radical (unpaired) electrons. The number of aryl methyl sites for hydroxylation is 2. The molecule has 3 rings (SSSR count). The summed E-state index contributed by atoms with van der Waals surface area (Å²) in [6, 6.07) is 0. The molecule has 0 saturated carbocycles. The van der Waals surface area contributed by atoms with Crippen LogP contribution in [-0.4, -0.2) is 27.6 Å². The molecule has 1 fully saturated rings. The van der Waals surface area contributed by atoms with Gasteiger partial charge in [-0.25, -0.2) is 9.97 Å². The second kappa shape index (κ2) is 5.63. The third-order valence-corrected chi connectivity index (χ3v) is 4.19. The zero-order valence-electron chi connectivity index (χ0n) is 10.4. The molecule has 4 nitrogen and oxygen atoms in total. The van der Waals surface area contributed by atoms with Crippen molar-refractivity contribution in [2.24, 2.45) is 0 Å². The smallest absolute Gasteiger partial charge is 0.0948 e. The number of hydrogen-bond acceptors (Lipinski definition) is 4. The Morgan fingerprint density at radius 2 is 2.50 bits per heavy atom. The molecule has 5 heteroatoms. The maximum Gasteiger partial charge on any atom is 0.0948 e. The number of nitrogens with one attached hydrogen (secondary N) is 1. The molecule has 0 aromatic carbocycles. The minimum absolute atomic E-state index is 0.622. The van der Waals surface area contributed by atoms with Crippen LogP contribution in [0.5, 0.6) is 0 Å². The van der Waals surface area contributed by atoms with Crippen molar-refractivity contribution in [3.63, 3.8) is 0 Å². The molecule has 1 atom stereocenters. The van der Waals surface area contributed by atoms with Crippen LogP contribution >= 0.6 is 11.3 Å². The van der Waals surface area contributed by atoms with Crippen LogP contribution in [0, 0.1) is 0 Å². The molecule has 1 aliphatic rings. The minimum atomic E-state index is 0.622. The average molecular weight is 262 g/mol. The fourth-order valence-electron chi connectivity index (χ4n) is 2.56. The zero-order chi connectivity index (χ0) is 12.2. The van der Waals surface area contributed by atoms with E-state index >= 15 is 0 Å². The molecule has 1 unspecified atom stereocenters. The highest BCUT2D eigenvalue weighted by atomic mass is 32.1. The van der Waals surface area contributed by atoms with E-state index in [-0.39, 0.29) is 0 Å². The number of hydrogen-bond donors (Lipinski definition) is 1. The molecule has 1 N–H and O–H groups in total. The monoisotopic (exact) mass is 262 g/mol. The van der Waals surface area contributed by atoms with E-state index < -0.39 is 0 Å². The SMILES string of the molecule is c1nc(CCn2cncc2C2CCCNC2)cs1. The van der Waals surface area contributed by atoms with Gasteiger partial charge in [0, 0.05) is 42.7 Å². The lowest BCUT2D eigenvalue weighted by Crippen LogP contribution is -2.29. The van der Waals surface area contributed by atoms with Crippen LogP contribution in [0.2, 0.25) is 0 Å². The first-order chi connectivity index (χ1) is 8.93. The summed E-state index contributed by atoms with van der Waals surface area (Å²) in [5.41, 5.74) is 4.45. The van der Waals surface area contributed by atoms with Crippen molar-refractivity contribution >= 4 is 11.3 Å². The standard InChI is InChI=1S/C13H18N4S/c1-2-11(6-14-4-1)13-7-15-9-17(13)5-3-12-8-18-10-16-12/h7-11,14H,1-6H2. The maximum absolute atomic E-state index is 4.33. The van der Waals surface area contributed by atoms with Crippen molar-refractivity contribution in [1.29, 1.82) is 0 Å². The summed E-state index contributed by atoms with van der Waals surface area (Å²) < 4.78 is 2.29. The Bertz CT molecular complexity index is 471. The van der Waals surface area contributed by atoms with Gasteiger partial charge in [-0.15, -0.1) is 11.3 Å². The second-order valence-electron chi connectivity index (χ2n) is 4.78. The van der Waals surface area contributed by atoms with Crippen molar-refractivity contribution in [3.8, 4) is 0 Å². The Morgan fingerprint density at radius 1 is 1.50 bits per heavy atom. The molecule has 18 heavy (non-hydrogen) atoms. The normalized spacial score (nSPS) is 20.1. The zero-order valence-corrected chi connectivity index (χ0v) is 11.2. The van der Waals surface area contributed by atoms with Gasteiger partial charge >= 0.3 is 0 Å². The molecule has 2 aromatic heterocycles. The second-order valence-corrected chi connectivity index (χ2v) is 5.50. The van der Waals surface area contributed by atoms with E-state index in [0.717, 1.165) is 26.1 Å². The van der Waals surface area contributed by atoms with Crippen LogP contribution in [0.3, 0.4) is 0 Å². The van der Waals surface area contributed by atoms with Gasteiger partial charge in [-0.05, 0) is 19.4 Å². The first-order valence-corrected chi connectivity index (χ1v) is 7.45. The third-order valence-electron chi connectivity index (χ3n) is 3.55. The number of thiazole rings is 1. The summed E-state index contributed by atoms with van der Waals surface area (Å²) in [4.78, 5) is 8.64. The Balaban J connectivity index is 1.67. The van der Waals surface area contributed by atoms with E-state index in [1.54, 1.807) is 11.3 Å². The van der Waals surface area contributed by atoms with Crippen molar-refractivity contribution in [2.45, 2.75) is 31.7 Å². The van der Waals surface area contributed by atoms with Gasteiger partial charge in [0.2, 0.25) is 0 Å². The van der Waals surface area contributed by atoms with E-state index in [9.17, 15) is 0 Å². The number of aromatic nitrogens is 3. The molecule has 1 aliphatic heterocycles.